The summed E-state index contributed by atoms with van der Waals surface area (Å²) >= 11 is -0.990. The number of aliphatic hydroxyl groups excluding tert-OH is 1. The summed E-state index contributed by atoms with van der Waals surface area (Å²) in [6.07, 6.45) is 7.13. The standard InChI is InChI=1S/C24H39N5O4S/c1-5-34(33)20-9-7-6-8-17(20)25-22(31)19-12-16(30)13-28(19)23(32)21(24(2,3)4)29-14-18(26-27-29)15-10-11-15/h14-17,19-21,30H,5-13H2,1-4H3,(H,25,31)/t16-,17?,19+,20?,21?,34?/m1/s1. The molecule has 2 amide bonds. The average Bonchev–Trinajstić information content (AvgIpc) is 3.39. The first kappa shape index (κ1) is 25.4. The summed E-state index contributed by atoms with van der Waals surface area (Å²) in [5.74, 6) is 0.500. The molecule has 4 rings (SSSR count). The molecule has 2 aliphatic carbocycles. The maximum absolute atomic E-state index is 13.9. The van der Waals surface area contributed by atoms with Crippen LogP contribution in [0.15, 0.2) is 6.20 Å². The number of aliphatic hydroxyl groups is 1. The number of rotatable bonds is 7. The summed E-state index contributed by atoms with van der Waals surface area (Å²) in [4.78, 5) is 28.8. The van der Waals surface area contributed by atoms with Crippen LogP contribution in [-0.2, 0) is 20.8 Å². The van der Waals surface area contributed by atoms with Crippen LogP contribution in [0, 0.1) is 5.41 Å². The van der Waals surface area contributed by atoms with Gasteiger partial charge in [0, 0.05) is 25.1 Å². The third kappa shape index (κ3) is 5.44. The van der Waals surface area contributed by atoms with E-state index in [1.54, 1.807) is 4.68 Å². The molecule has 190 valence electrons. The van der Waals surface area contributed by atoms with Crippen molar-refractivity contribution in [1.82, 2.24) is 25.2 Å². The van der Waals surface area contributed by atoms with E-state index >= 15 is 0 Å². The van der Waals surface area contributed by atoms with Gasteiger partial charge in [-0.3, -0.25) is 9.59 Å². The van der Waals surface area contributed by atoms with Crippen LogP contribution in [0.3, 0.4) is 0 Å². The van der Waals surface area contributed by atoms with Crippen LogP contribution in [0.4, 0.5) is 0 Å². The lowest BCUT2D eigenvalue weighted by Crippen LogP contribution is -2.55. The van der Waals surface area contributed by atoms with Gasteiger partial charge in [0.1, 0.15) is 23.1 Å². The van der Waals surface area contributed by atoms with Crippen molar-refractivity contribution in [3.8, 4) is 0 Å². The maximum atomic E-state index is 13.9. The van der Waals surface area contributed by atoms with E-state index in [1.165, 1.54) is 4.90 Å². The highest BCUT2D eigenvalue weighted by atomic mass is 32.2. The summed E-state index contributed by atoms with van der Waals surface area (Å²) in [6, 6.07) is -1.55. The highest BCUT2D eigenvalue weighted by Gasteiger charge is 2.46. The van der Waals surface area contributed by atoms with Gasteiger partial charge in [-0.2, -0.15) is 0 Å². The first-order valence-corrected chi connectivity index (χ1v) is 14.1. The molecule has 9 nitrogen and oxygen atoms in total. The summed E-state index contributed by atoms with van der Waals surface area (Å²) in [6.45, 7) is 7.94. The smallest absolute Gasteiger partial charge is 0.248 e. The number of carbonyl (C=O) groups is 2. The summed E-state index contributed by atoms with van der Waals surface area (Å²) < 4.78 is 14.2. The van der Waals surface area contributed by atoms with E-state index in [-0.39, 0.29) is 36.1 Å². The molecule has 1 aliphatic heterocycles. The Hall–Kier alpha value is -1.65. The molecule has 1 aromatic rings. The molecule has 1 saturated heterocycles. The van der Waals surface area contributed by atoms with E-state index in [0.717, 1.165) is 44.2 Å². The van der Waals surface area contributed by atoms with Gasteiger partial charge in [0.25, 0.3) is 0 Å². The fraction of sp³-hybridized carbons (Fsp3) is 0.833. The van der Waals surface area contributed by atoms with E-state index < -0.39 is 34.8 Å². The molecule has 2 saturated carbocycles. The highest BCUT2D eigenvalue weighted by Crippen LogP contribution is 2.40. The molecule has 4 unspecified atom stereocenters. The zero-order valence-electron chi connectivity index (χ0n) is 20.8. The minimum Gasteiger partial charge on any atom is -0.616 e. The summed E-state index contributed by atoms with van der Waals surface area (Å²) in [5.41, 5.74) is 0.442. The second-order valence-electron chi connectivity index (χ2n) is 11.2. The molecular weight excluding hydrogens is 454 g/mol. The van der Waals surface area contributed by atoms with Gasteiger partial charge in [-0.15, -0.1) is 5.10 Å². The number of nitrogens with one attached hydrogen (secondary N) is 1. The van der Waals surface area contributed by atoms with Crippen molar-refractivity contribution in [1.29, 1.82) is 0 Å². The van der Waals surface area contributed by atoms with E-state index in [9.17, 15) is 19.2 Å². The van der Waals surface area contributed by atoms with Gasteiger partial charge < -0.3 is 19.9 Å². The van der Waals surface area contributed by atoms with Crippen molar-refractivity contribution in [2.75, 3.05) is 12.3 Å². The van der Waals surface area contributed by atoms with Gasteiger partial charge in [0.15, 0.2) is 0 Å². The predicted molar refractivity (Wildman–Crippen MR) is 129 cm³/mol. The van der Waals surface area contributed by atoms with Gasteiger partial charge in [0.05, 0.1) is 17.8 Å². The van der Waals surface area contributed by atoms with Crippen LogP contribution in [0.2, 0.25) is 0 Å². The van der Waals surface area contributed by atoms with Crippen LogP contribution in [0.25, 0.3) is 0 Å². The van der Waals surface area contributed by atoms with Crippen molar-refractivity contribution in [2.24, 2.45) is 5.41 Å². The highest BCUT2D eigenvalue weighted by molar-refractivity contribution is 7.92. The van der Waals surface area contributed by atoms with E-state index in [4.69, 9.17) is 0 Å². The zero-order valence-corrected chi connectivity index (χ0v) is 21.6. The zero-order chi connectivity index (χ0) is 24.6. The quantitative estimate of drug-likeness (QED) is 0.559. The molecule has 1 aromatic heterocycles. The number of hydrogen-bond acceptors (Lipinski definition) is 6. The Kier molecular flexibility index (Phi) is 7.59. The maximum Gasteiger partial charge on any atom is 0.248 e. The lowest BCUT2D eigenvalue weighted by Gasteiger charge is -2.36. The van der Waals surface area contributed by atoms with Crippen molar-refractivity contribution < 1.29 is 19.2 Å². The fourth-order valence-corrected chi connectivity index (χ4v) is 6.82. The van der Waals surface area contributed by atoms with E-state index in [1.807, 2.05) is 33.9 Å². The Bertz CT molecular complexity index is 883. The topological polar surface area (TPSA) is 123 Å². The molecule has 0 radical (unpaired) electrons. The Morgan fingerprint density at radius 1 is 1.26 bits per heavy atom. The van der Waals surface area contributed by atoms with Crippen LogP contribution >= 0.6 is 0 Å². The van der Waals surface area contributed by atoms with Crippen molar-refractivity contribution in [3.63, 3.8) is 0 Å². The van der Waals surface area contributed by atoms with E-state index in [0.29, 0.717) is 11.7 Å². The minimum atomic E-state index is -0.990. The summed E-state index contributed by atoms with van der Waals surface area (Å²) in [7, 11) is 0. The minimum absolute atomic E-state index is 0.0588. The van der Waals surface area contributed by atoms with Crippen LogP contribution in [0.1, 0.15) is 90.3 Å². The molecule has 10 heteroatoms. The number of aromatic nitrogens is 3. The first-order valence-electron chi connectivity index (χ1n) is 12.7. The van der Waals surface area contributed by atoms with Gasteiger partial charge in [-0.1, -0.05) is 32.4 Å². The second kappa shape index (κ2) is 10.1. The average molecular weight is 494 g/mol. The lowest BCUT2D eigenvalue weighted by molar-refractivity contribution is -0.144. The van der Waals surface area contributed by atoms with Crippen LogP contribution < -0.4 is 5.32 Å². The number of hydrogen-bond donors (Lipinski definition) is 2. The second-order valence-corrected chi connectivity index (χ2v) is 13.1. The number of amides is 2. The molecular formula is C24H39N5O4S. The SMILES string of the molecule is CC[S+]([O-])C1CCCCC1NC(=O)[C@@H]1C[C@@H](O)CN1C(=O)C(n1cc(C2CC2)nn1)C(C)(C)C. The third-order valence-electron chi connectivity index (χ3n) is 7.36. The summed E-state index contributed by atoms with van der Waals surface area (Å²) in [5, 5.41) is 22.0. The van der Waals surface area contributed by atoms with Gasteiger partial charge >= 0.3 is 0 Å². The Morgan fingerprint density at radius 2 is 1.97 bits per heavy atom. The Morgan fingerprint density at radius 3 is 2.62 bits per heavy atom. The number of nitrogens with zero attached hydrogens (tertiary/aromatic N) is 4. The normalized spacial score (nSPS) is 29.6. The lowest BCUT2D eigenvalue weighted by atomic mass is 9.85. The van der Waals surface area contributed by atoms with Crippen molar-refractivity contribution >= 4 is 23.0 Å². The van der Waals surface area contributed by atoms with Crippen molar-refractivity contribution in [3.05, 3.63) is 11.9 Å². The largest absolute Gasteiger partial charge is 0.616 e. The molecule has 0 bridgehead atoms. The van der Waals surface area contributed by atoms with Gasteiger partial charge in [0.2, 0.25) is 11.8 Å². The molecule has 2 heterocycles. The fourth-order valence-electron chi connectivity index (χ4n) is 5.40. The Balaban J connectivity index is 1.52. The number of likely N-dealkylation sites (tertiary alicyclic amines) is 1. The molecule has 0 aromatic carbocycles. The van der Waals surface area contributed by atoms with Crippen LogP contribution in [-0.4, -0.2) is 77.1 Å². The number of carbonyl (C=O) groups excluding carboxylic acids is 2. The van der Waals surface area contributed by atoms with Gasteiger partial charge in [-0.25, -0.2) is 4.68 Å². The third-order valence-corrected chi connectivity index (χ3v) is 9.17. The van der Waals surface area contributed by atoms with Crippen LogP contribution in [0.5, 0.6) is 0 Å². The molecule has 3 aliphatic rings. The van der Waals surface area contributed by atoms with Gasteiger partial charge in [-0.05, 0) is 55.6 Å². The predicted octanol–water partition coefficient (Wildman–Crippen LogP) is 1.90. The molecule has 0 spiro atoms. The molecule has 34 heavy (non-hydrogen) atoms. The monoisotopic (exact) mass is 493 g/mol. The molecule has 3 fully saturated rings. The van der Waals surface area contributed by atoms with Crippen molar-refractivity contribution in [2.45, 2.75) is 108 Å². The molecule has 2 N–H and O–H groups in total. The number of β-amino-alcohol motifs (C(OH)–C–C–N with tert-alkyl or cyclic N) is 1. The molecule has 6 atom stereocenters. The Labute approximate surface area is 205 Å². The first-order chi connectivity index (χ1) is 16.1. The van der Waals surface area contributed by atoms with E-state index in [2.05, 4.69) is 15.6 Å².